The molecule has 4 unspecified atom stereocenters. The maximum Gasteiger partial charge on any atom is 0.113 e. The third kappa shape index (κ3) is 3.22. The fourth-order valence-electron chi connectivity index (χ4n) is 9.08. The van der Waals surface area contributed by atoms with Crippen LogP contribution in [0.5, 0.6) is 0 Å². The van der Waals surface area contributed by atoms with E-state index < -0.39 is 5.60 Å². The first-order valence-corrected chi connectivity index (χ1v) is 13.4. The number of rotatable bonds is 4. The summed E-state index contributed by atoms with van der Waals surface area (Å²) in [6.07, 6.45) is 8.60. The van der Waals surface area contributed by atoms with Gasteiger partial charge in [-0.2, -0.15) is 0 Å². The van der Waals surface area contributed by atoms with Gasteiger partial charge in [0.15, 0.2) is 0 Å². The largest absolute Gasteiger partial charge is 0.393 e. The number of hydrogen-bond acceptors (Lipinski definition) is 4. The lowest BCUT2D eigenvalue weighted by Crippen LogP contribution is -2.55. The van der Waals surface area contributed by atoms with Crippen LogP contribution in [0.1, 0.15) is 86.5 Å². The first-order valence-electron chi connectivity index (χ1n) is 13.4. The van der Waals surface area contributed by atoms with Crippen molar-refractivity contribution in [1.29, 1.82) is 0 Å². The molecule has 32 heavy (non-hydrogen) atoms. The Labute approximate surface area is 194 Å². The van der Waals surface area contributed by atoms with Crippen LogP contribution in [0, 0.1) is 46.3 Å². The van der Waals surface area contributed by atoms with Crippen LogP contribution >= 0.6 is 0 Å². The lowest BCUT2D eigenvalue weighted by Gasteiger charge is -2.58. The maximum atomic E-state index is 11.9. The second kappa shape index (κ2) is 7.54. The maximum absolute atomic E-state index is 11.9. The van der Waals surface area contributed by atoms with Gasteiger partial charge in [-0.15, -0.1) is 0 Å². The molecule has 1 saturated heterocycles. The van der Waals surface area contributed by atoms with Gasteiger partial charge >= 0.3 is 0 Å². The number of ether oxygens (including phenoxy) is 1. The molecule has 1 aliphatic heterocycles. The van der Waals surface area contributed by atoms with Crippen molar-refractivity contribution in [1.82, 2.24) is 0 Å². The van der Waals surface area contributed by atoms with Gasteiger partial charge in [-0.1, -0.05) is 46.3 Å². The molecule has 4 nitrogen and oxygen atoms in total. The summed E-state index contributed by atoms with van der Waals surface area (Å²) < 4.78 is 6.13. The molecule has 5 aliphatic rings. The number of fused-ring (bicyclic) bond motifs is 5. The van der Waals surface area contributed by atoms with E-state index in [1.54, 1.807) is 5.57 Å². The summed E-state index contributed by atoms with van der Waals surface area (Å²) in [5.41, 5.74) is 0.821. The second-order valence-electron chi connectivity index (χ2n) is 13.3. The Bertz CT molecular complexity index is 773. The molecule has 0 aromatic carbocycles. The van der Waals surface area contributed by atoms with Gasteiger partial charge in [0.2, 0.25) is 0 Å². The monoisotopic (exact) mass is 446 g/mol. The highest BCUT2D eigenvalue weighted by Gasteiger charge is 2.66. The summed E-state index contributed by atoms with van der Waals surface area (Å²) >= 11 is 0. The molecule has 4 heteroatoms. The van der Waals surface area contributed by atoms with Gasteiger partial charge < -0.3 is 20.1 Å². The van der Waals surface area contributed by atoms with Crippen LogP contribution in [-0.2, 0) is 4.74 Å². The number of epoxide rings is 1. The zero-order valence-corrected chi connectivity index (χ0v) is 21.1. The molecule has 5 rings (SSSR count). The normalized spacial score (nSPS) is 53.0. The molecule has 3 N–H and O–H groups in total. The van der Waals surface area contributed by atoms with E-state index in [4.69, 9.17) is 4.74 Å². The van der Waals surface area contributed by atoms with Crippen LogP contribution < -0.4 is 0 Å². The Morgan fingerprint density at radius 3 is 2.47 bits per heavy atom. The Morgan fingerprint density at radius 1 is 1.06 bits per heavy atom. The fraction of sp³-hybridized carbons (Fsp3) is 0.929. The highest BCUT2D eigenvalue weighted by molar-refractivity contribution is 5.31. The molecule has 0 bridgehead atoms. The number of allylic oxidation sites excluding steroid dienone is 2. The van der Waals surface area contributed by atoms with Crippen molar-refractivity contribution in [2.75, 3.05) is 0 Å². The third-order valence-corrected chi connectivity index (χ3v) is 11.4. The molecular weight excluding hydrogens is 400 g/mol. The molecule has 0 aromatic heterocycles. The highest BCUT2D eigenvalue weighted by Crippen LogP contribution is 2.67. The van der Waals surface area contributed by atoms with Crippen molar-refractivity contribution in [2.24, 2.45) is 46.3 Å². The minimum absolute atomic E-state index is 0.0148. The van der Waals surface area contributed by atoms with Crippen molar-refractivity contribution in [3.63, 3.8) is 0 Å². The van der Waals surface area contributed by atoms with Crippen molar-refractivity contribution in [3.8, 4) is 0 Å². The molecule has 4 aliphatic carbocycles. The SMILES string of the molecule is CC(C)[C@H](C)C1O[C@H]1[C@](C)(O)C1CCC2C3C[C@H](O)[C@H]4C[C@@H](O)CC[C@]4(C)C3=CC[C@@]21C. The Kier molecular flexibility index (Phi) is 5.49. The van der Waals surface area contributed by atoms with Crippen molar-refractivity contribution in [3.05, 3.63) is 11.6 Å². The van der Waals surface area contributed by atoms with Crippen LogP contribution in [-0.4, -0.2) is 45.3 Å². The minimum Gasteiger partial charge on any atom is -0.393 e. The second-order valence-corrected chi connectivity index (χ2v) is 13.3. The molecule has 1 heterocycles. The zero-order valence-electron chi connectivity index (χ0n) is 21.1. The Morgan fingerprint density at radius 2 is 1.78 bits per heavy atom. The standard InChI is InChI=1S/C28H46O4/c1-15(2)16(3)24-25(32-24)28(6,31)23-8-7-19-18-14-22(30)21-13-17(29)9-11-26(21,4)20(18)10-12-27(19,23)5/h10,15-19,21-25,29-31H,7-9,11-14H2,1-6H3/t16-,17-,18?,19?,21+,22-,23?,24?,25+,26+,27-,28+/m0/s1. The lowest BCUT2D eigenvalue weighted by atomic mass is 9.47. The summed E-state index contributed by atoms with van der Waals surface area (Å²) in [5, 5.41) is 33.3. The van der Waals surface area contributed by atoms with E-state index in [9.17, 15) is 15.3 Å². The predicted molar refractivity (Wildman–Crippen MR) is 126 cm³/mol. The van der Waals surface area contributed by atoms with Gasteiger partial charge in [-0.25, -0.2) is 0 Å². The van der Waals surface area contributed by atoms with Gasteiger partial charge in [0.1, 0.15) is 6.10 Å². The van der Waals surface area contributed by atoms with E-state index in [0.717, 1.165) is 44.9 Å². The van der Waals surface area contributed by atoms with Crippen molar-refractivity contribution >= 4 is 0 Å². The lowest BCUT2D eigenvalue weighted by molar-refractivity contribution is -0.102. The molecule has 3 saturated carbocycles. The van der Waals surface area contributed by atoms with Crippen LogP contribution in [0.3, 0.4) is 0 Å². The number of aliphatic hydroxyl groups is 3. The van der Waals surface area contributed by atoms with Crippen LogP contribution in [0.25, 0.3) is 0 Å². The van der Waals surface area contributed by atoms with E-state index in [-0.39, 0.29) is 47.1 Å². The average molecular weight is 447 g/mol. The quantitative estimate of drug-likeness (QED) is 0.432. The summed E-state index contributed by atoms with van der Waals surface area (Å²) in [7, 11) is 0. The first kappa shape index (κ1) is 23.3. The molecular formula is C28H46O4. The predicted octanol–water partition coefficient (Wildman–Crippen LogP) is 4.71. The van der Waals surface area contributed by atoms with E-state index in [1.807, 2.05) is 6.92 Å². The smallest absolute Gasteiger partial charge is 0.113 e. The van der Waals surface area contributed by atoms with Crippen LogP contribution in [0.15, 0.2) is 11.6 Å². The molecule has 0 radical (unpaired) electrons. The van der Waals surface area contributed by atoms with E-state index >= 15 is 0 Å². The molecule has 4 fully saturated rings. The molecule has 12 atom stereocenters. The summed E-state index contributed by atoms with van der Waals surface area (Å²) in [5.74, 6) is 2.34. The zero-order chi connectivity index (χ0) is 23.2. The van der Waals surface area contributed by atoms with E-state index in [0.29, 0.717) is 23.7 Å². The topological polar surface area (TPSA) is 73.2 Å². The molecule has 0 amide bonds. The minimum atomic E-state index is -0.808. The summed E-state index contributed by atoms with van der Waals surface area (Å²) in [6.45, 7) is 13.5. The molecule has 182 valence electrons. The van der Waals surface area contributed by atoms with Crippen LogP contribution in [0.2, 0.25) is 0 Å². The van der Waals surface area contributed by atoms with Gasteiger partial charge in [0, 0.05) is 0 Å². The van der Waals surface area contributed by atoms with Crippen molar-refractivity contribution < 1.29 is 20.1 Å². The van der Waals surface area contributed by atoms with Gasteiger partial charge in [-0.3, -0.25) is 0 Å². The first-order chi connectivity index (χ1) is 14.9. The molecule has 0 aromatic rings. The van der Waals surface area contributed by atoms with E-state index in [2.05, 4.69) is 40.7 Å². The van der Waals surface area contributed by atoms with Crippen LogP contribution in [0.4, 0.5) is 0 Å². The summed E-state index contributed by atoms with van der Waals surface area (Å²) in [4.78, 5) is 0. The number of hydrogen-bond donors (Lipinski definition) is 3. The third-order valence-electron chi connectivity index (χ3n) is 11.4. The van der Waals surface area contributed by atoms with Gasteiger partial charge in [0.25, 0.3) is 0 Å². The molecule has 0 spiro atoms. The van der Waals surface area contributed by atoms with E-state index in [1.165, 1.54) is 0 Å². The number of aliphatic hydroxyl groups excluding tert-OH is 2. The highest BCUT2D eigenvalue weighted by atomic mass is 16.6. The summed E-state index contributed by atoms with van der Waals surface area (Å²) in [6, 6.07) is 0. The van der Waals surface area contributed by atoms with Gasteiger partial charge in [-0.05, 0) is 98.2 Å². The fourth-order valence-corrected chi connectivity index (χ4v) is 9.08. The Balaban J connectivity index is 1.41. The van der Waals surface area contributed by atoms with Crippen molar-refractivity contribution in [2.45, 2.75) is 117 Å². The van der Waals surface area contributed by atoms with Gasteiger partial charge in [0.05, 0.1) is 23.9 Å². The Hall–Kier alpha value is -0.420. The average Bonchev–Trinajstić information content (AvgIpc) is 3.44.